The quantitative estimate of drug-likeness (QED) is 0.523. The monoisotopic (exact) mass is 297 g/mol. The van der Waals surface area contributed by atoms with Gasteiger partial charge in [0.15, 0.2) is 5.60 Å². The normalized spacial score (nSPS) is 30.5. The van der Waals surface area contributed by atoms with Crippen molar-refractivity contribution in [2.45, 2.75) is 76.4 Å². The van der Waals surface area contributed by atoms with Gasteiger partial charge >= 0.3 is 5.97 Å². The lowest BCUT2D eigenvalue weighted by Crippen LogP contribution is -2.40. The molecule has 2 aliphatic rings. The van der Waals surface area contributed by atoms with E-state index >= 15 is 0 Å². The average molecular weight is 297 g/mol. The van der Waals surface area contributed by atoms with E-state index in [1.165, 1.54) is 25.7 Å². The Morgan fingerprint density at radius 1 is 1.24 bits per heavy atom. The predicted octanol–water partition coefficient (Wildman–Crippen LogP) is 2.31. The molecule has 1 aliphatic carbocycles. The molecule has 3 unspecified atom stereocenters. The smallest absolute Gasteiger partial charge is 0.306 e. The molecular formula is C16H27NO4. The van der Waals surface area contributed by atoms with Gasteiger partial charge in [-0.05, 0) is 19.3 Å². The molecule has 2 fully saturated rings. The first-order chi connectivity index (χ1) is 10.1. The molecule has 21 heavy (non-hydrogen) atoms. The van der Waals surface area contributed by atoms with Gasteiger partial charge in [0.25, 0.3) is 5.91 Å². The van der Waals surface area contributed by atoms with E-state index in [1.807, 2.05) is 0 Å². The Morgan fingerprint density at radius 3 is 2.62 bits per heavy atom. The molecule has 1 aliphatic heterocycles. The average Bonchev–Trinajstić information content (AvgIpc) is 3.12. The third-order valence-electron chi connectivity index (χ3n) is 4.61. The number of fused-ring (bicyclic) bond motifs is 1. The molecule has 0 aromatic heterocycles. The standard InChI is InChI=1S/C16H27NO4/c1-2-3-4-5-6-7-10-13(18)21-14-12-9-8-11-20-16(12,14)15(17)19/h12,14H,2-11H2,1H3,(H2,17,19). The highest BCUT2D eigenvalue weighted by atomic mass is 16.6. The number of hydrogen-bond donors (Lipinski definition) is 1. The van der Waals surface area contributed by atoms with Gasteiger partial charge in [0, 0.05) is 18.9 Å². The maximum Gasteiger partial charge on any atom is 0.306 e. The maximum absolute atomic E-state index is 11.9. The zero-order valence-corrected chi connectivity index (χ0v) is 12.9. The van der Waals surface area contributed by atoms with Crippen molar-refractivity contribution in [1.82, 2.24) is 0 Å². The van der Waals surface area contributed by atoms with Crippen LogP contribution in [0.15, 0.2) is 0 Å². The van der Waals surface area contributed by atoms with Crippen LogP contribution in [0, 0.1) is 5.92 Å². The molecule has 2 rings (SSSR count). The van der Waals surface area contributed by atoms with Gasteiger partial charge in [-0.3, -0.25) is 9.59 Å². The lowest BCUT2D eigenvalue weighted by Gasteiger charge is -2.18. The second-order valence-corrected chi connectivity index (χ2v) is 6.18. The van der Waals surface area contributed by atoms with Crippen LogP contribution in [0.2, 0.25) is 0 Å². The number of esters is 1. The van der Waals surface area contributed by atoms with Crippen LogP contribution in [0.3, 0.4) is 0 Å². The Labute approximate surface area is 126 Å². The molecule has 0 spiro atoms. The first kappa shape index (κ1) is 16.3. The first-order valence-corrected chi connectivity index (χ1v) is 8.26. The number of nitrogens with two attached hydrogens (primary N) is 1. The summed E-state index contributed by atoms with van der Waals surface area (Å²) in [5.74, 6) is -0.754. The highest BCUT2D eigenvalue weighted by Crippen LogP contribution is 2.54. The summed E-state index contributed by atoms with van der Waals surface area (Å²) in [7, 11) is 0. The largest absolute Gasteiger partial charge is 0.458 e. The molecule has 1 heterocycles. The molecule has 120 valence electrons. The predicted molar refractivity (Wildman–Crippen MR) is 78.5 cm³/mol. The van der Waals surface area contributed by atoms with Gasteiger partial charge in [0.2, 0.25) is 0 Å². The fourth-order valence-electron chi connectivity index (χ4n) is 3.31. The van der Waals surface area contributed by atoms with Crippen LogP contribution in [-0.4, -0.2) is 30.2 Å². The number of carbonyl (C=O) groups is 2. The second kappa shape index (κ2) is 7.25. The first-order valence-electron chi connectivity index (χ1n) is 8.26. The summed E-state index contributed by atoms with van der Waals surface area (Å²) in [6.07, 6.45) is 8.49. The molecule has 0 aromatic carbocycles. The van der Waals surface area contributed by atoms with Gasteiger partial charge in [-0.2, -0.15) is 0 Å². The molecule has 5 heteroatoms. The maximum atomic E-state index is 11.9. The molecule has 3 atom stereocenters. The van der Waals surface area contributed by atoms with Crippen molar-refractivity contribution in [3.8, 4) is 0 Å². The van der Waals surface area contributed by atoms with E-state index in [9.17, 15) is 9.59 Å². The zero-order chi connectivity index (χ0) is 15.3. The molecule has 0 bridgehead atoms. The molecule has 2 N–H and O–H groups in total. The molecule has 0 aromatic rings. The van der Waals surface area contributed by atoms with Crippen molar-refractivity contribution in [2.24, 2.45) is 11.7 Å². The zero-order valence-electron chi connectivity index (χ0n) is 12.9. The number of carbonyl (C=O) groups excluding carboxylic acids is 2. The van der Waals surface area contributed by atoms with Crippen LogP contribution in [0.5, 0.6) is 0 Å². The van der Waals surface area contributed by atoms with Crippen molar-refractivity contribution in [3.05, 3.63) is 0 Å². The number of rotatable bonds is 9. The van der Waals surface area contributed by atoms with Crippen molar-refractivity contribution < 1.29 is 19.1 Å². The van der Waals surface area contributed by atoms with E-state index in [-0.39, 0.29) is 11.9 Å². The summed E-state index contributed by atoms with van der Waals surface area (Å²) in [6, 6.07) is 0. The van der Waals surface area contributed by atoms with Crippen LogP contribution in [0.4, 0.5) is 0 Å². The van der Waals surface area contributed by atoms with E-state index in [0.29, 0.717) is 13.0 Å². The summed E-state index contributed by atoms with van der Waals surface area (Å²) < 4.78 is 11.0. The minimum absolute atomic E-state index is 0.0303. The van der Waals surface area contributed by atoms with Crippen LogP contribution in [0.1, 0.15) is 64.7 Å². The van der Waals surface area contributed by atoms with Gasteiger partial charge < -0.3 is 15.2 Å². The van der Waals surface area contributed by atoms with Crippen molar-refractivity contribution in [2.75, 3.05) is 6.61 Å². The Kier molecular flexibility index (Phi) is 5.62. The van der Waals surface area contributed by atoms with Gasteiger partial charge in [-0.15, -0.1) is 0 Å². The number of primary amides is 1. The van der Waals surface area contributed by atoms with E-state index < -0.39 is 17.6 Å². The number of hydrogen-bond acceptors (Lipinski definition) is 4. The van der Waals surface area contributed by atoms with Crippen LogP contribution in [-0.2, 0) is 19.1 Å². The lowest BCUT2D eigenvalue weighted by molar-refractivity contribution is -0.151. The number of ether oxygens (including phenoxy) is 2. The van der Waals surface area contributed by atoms with Crippen molar-refractivity contribution in [3.63, 3.8) is 0 Å². The highest BCUT2D eigenvalue weighted by molar-refractivity contribution is 5.90. The fraction of sp³-hybridized carbons (Fsp3) is 0.875. The Hall–Kier alpha value is -1.10. The summed E-state index contributed by atoms with van der Waals surface area (Å²) >= 11 is 0. The van der Waals surface area contributed by atoms with E-state index in [4.69, 9.17) is 15.2 Å². The van der Waals surface area contributed by atoms with Crippen LogP contribution >= 0.6 is 0 Å². The molecule has 1 saturated carbocycles. The minimum Gasteiger partial charge on any atom is -0.458 e. The van der Waals surface area contributed by atoms with E-state index in [1.54, 1.807) is 0 Å². The Morgan fingerprint density at radius 2 is 1.95 bits per heavy atom. The van der Waals surface area contributed by atoms with Gasteiger partial charge in [0.05, 0.1) is 0 Å². The SMILES string of the molecule is CCCCCCCCC(=O)OC1C2CCCOC21C(N)=O. The summed E-state index contributed by atoms with van der Waals surface area (Å²) in [5.41, 5.74) is 4.40. The molecule has 0 radical (unpaired) electrons. The second-order valence-electron chi connectivity index (χ2n) is 6.18. The van der Waals surface area contributed by atoms with Gasteiger partial charge in [-0.1, -0.05) is 39.0 Å². The molecular weight excluding hydrogens is 270 g/mol. The Balaban J connectivity index is 1.68. The van der Waals surface area contributed by atoms with Crippen molar-refractivity contribution >= 4 is 11.9 Å². The summed E-state index contributed by atoms with van der Waals surface area (Å²) in [4.78, 5) is 23.4. The highest BCUT2D eigenvalue weighted by Gasteiger charge is 2.74. The van der Waals surface area contributed by atoms with E-state index in [2.05, 4.69) is 6.92 Å². The van der Waals surface area contributed by atoms with Crippen molar-refractivity contribution in [1.29, 1.82) is 0 Å². The van der Waals surface area contributed by atoms with E-state index in [0.717, 1.165) is 25.7 Å². The fourth-order valence-corrected chi connectivity index (χ4v) is 3.31. The third kappa shape index (κ3) is 3.57. The number of amides is 1. The van der Waals surface area contributed by atoms with Gasteiger partial charge in [-0.25, -0.2) is 0 Å². The number of unbranched alkanes of at least 4 members (excludes halogenated alkanes) is 5. The van der Waals surface area contributed by atoms with Crippen LogP contribution in [0.25, 0.3) is 0 Å². The minimum atomic E-state index is -1.02. The molecule has 5 nitrogen and oxygen atoms in total. The lowest BCUT2D eigenvalue weighted by atomic mass is 10.1. The van der Waals surface area contributed by atoms with Crippen LogP contribution < -0.4 is 5.73 Å². The Bertz CT molecular complexity index is 384. The van der Waals surface area contributed by atoms with Gasteiger partial charge in [0.1, 0.15) is 6.10 Å². The third-order valence-corrected chi connectivity index (χ3v) is 4.61. The summed E-state index contributed by atoms with van der Waals surface area (Å²) in [6.45, 7) is 2.70. The molecule has 1 amide bonds. The molecule has 1 saturated heterocycles. The topological polar surface area (TPSA) is 78.6 Å². The summed E-state index contributed by atoms with van der Waals surface area (Å²) in [5, 5.41) is 0.